The van der Waals surface area contributed by atoms with Crippen molar-refractivity contribution in [3.8, 4) is 17.2 Å². The molecule has 1 saturated heterocycles. The second-order valence-corrected chi connectivity index (χ2v) is 8.70. The number of hydrogen-bond acceptors (Lipinski definition) is 7. The molecule has 10 heteroatoms. The number of aromatic nitrogens is 1. The summed E-state index contributed by atoms with van der Waals surface area (Å²) < 4.78 is 15.9. The van der Waals surface area contributed by atoms with Gasteiger partial charge in [0, 0.05) is 44.5 Å². The lowest BCUT2D eigenvalue weighted by atomic mass is 10.1. The number of carbonyl (C=O) groups excluding carboxylic acids is 2. The lowest BCUT2D eigenvalue weighted by Crippen LogP contribution is -2.52. The van der Waals surface area contributed by atoms with E-state index in [-0.39, 0.29) is 18.7 Å². The number of methoxy groups -OCH3 is 1. The van der Waals surface area contributed by atoms with Crippen LogP contribution in [-0.2, 0) is 6.42 Å². The third-order valence-electron chi connectivity index (χ3n) is 6.39. The van der Waals surface area contributed by atoms with Gasteiger partial charge in [0.05, 0.1) is 12.8 Å². The van der Waals surface area contributed by atoms with Gasteiger partial charge in [0.2, 0.25) is 6.79 Å². The van der Waals surface area contributed by atoms with E-state index in [9.17, 15) is 9.59 Å². The first-order valence-corrected chi connectivity index (χ1v) is 12.2. The fourth-order valence-electron chi connectivity index (χ4n) is 4.32. The number of urea groups is 1. The van der Waals surface area contributed by atoms with Crippen LogP contribution in [0.1, 0.15) is 15.9 Å². The third kappa shape index (κ3) is 5.69. The maximum Gasteiger partial charge on any atom is 0.317 e. The standard InChI is InChI=1S/C27H29N5O5/c1-35-21-7-4-19(5-8-21)10-12-29-27(34)32-15-13-31(14-16-32)25-22(3-2-11-28-25)30-26(33)20-6-9-23-24(17-20)37-18-36-23/h2-9,11,17H,10,12-16,18H2,1H3,(H,29,34)(H,30,33). The first kappa shape index (κ1) is 24.2. The molecule has 2 N–H and O–H groups in total. The average Bonchev–Trinajstić information content (AvgIpc) is 3.42. The molecule has 2 aliphatic heterocycles. The maximum atomic E-state index is 12.9. The fourth-order valence-corrected chi connectivity index (χ4v) is 4.32. The summed E-state index contributed by atoms with van der Waals surface area (Å²) in [6, 6.07) is 16.5. The van der Waals surface area contributed by atoms with Gasteiger partial charge in [-0.05, 0) is 54.4 Å². The van der Waals surface area contributed by atoms with Gasteiger partial charge in [0.15, 0.2) is 17.3 Å². The zero-order chi connectivity index (χ0) is 25.6. The Morgan fingerprint density at radius 1 is 1.00 bits per heavy atom. The smallest absolute Gasteiger partial charge is 0.317 e. The molecule has 0 bridgehead atoms. The van der Waals surface area contributed by atoms with Crippen LogP contribution in [0.25, 0.3) is 0 Å². The van der Waals surface area contributed by atoms with Crippen LogP contribution < -0.4 is 29.7 Å². The van der Waals surface area contributed by atoms with Crippen LogP contribution in [0.15, 0.2) is 60.8 Å². The number of amides is 3. The van der Waals surface area contributed by atoms with Crippen molar-refractivity contribution in [3.63, 3.8) is 0 Å². The summed E-state index contributed by atoms with van der Waals surface area (Å²) in [6.07, 6.45) is 2.44. The Labute approximate surface area is 215 Å². The molecule has 0 atom stereocenters. The van der Waals surface area contributed by atoms with Crippen molar-refractivity contribution < 1.29 is 23.8 Å². The Kier molecular flexibility index (Phi) is 7.25. The van der Waals surface area contributed by atoms with Gasteiger partial charge in [-0.3, -0.25) is 4.79 Å². The summed E-state index contributed by atoms with van der Waals surface area (Å²) >= 11 is 0. The number of rotatable bonds is 7. The maximum absolute atomic E-state index is 12.9. The summed E-state index contributed by atoms with van der Waals surface area (Å²) in [5.41, 5.74) is 2.22. The Hall–Kier alpha value is -4.47. The quantitative estimate of drug-likeness (QED) is 0.510. The van der Waals surface area contributed by atoms with Crippen LogP contribution in [0.2, 0.25) is 0 Å². The second-order valence-electron chi connectivity index (χ2n) is 8.70. The van der Waals surface area contributed by atoms with Crippen LogP contribution >= 0.6 is 0 Å². The Bertz CT molecular complexity index is 1260. The van der Waals surface area contributed by atoms with E-state index < -0.39 is 0 Å². The number of nitrogens with zero attached hydrogens (tertiary/aromatic N) is 3. The predicted molar refractivity (Wildman–Crippen MR) is 139 cm³/mol. The lowest BCUT2D eigenvalue weighted by molar-refractivity contribution is 0.102. The van der Waals surface area contributed by atoms with Gasteiger partial charge in [0.25, 0.3) is 5.91 Å². The van der Waals surface area contributed by atoms with Crippen molar-refractivity contribution in [2.75, 3.05) is 56.8 Å². The summed E-state index contributed by atoms with van der Waals surface area (Å²) in [4.78, 5) is 34.0. The lowest BCUT2D eigenvalue weighted by Gasteiger charge is -2.36. The zero-order valence-electron chi connectivity index (χ0n) is 20.6. The molecule has 192 valence electrons. The summed E-state index contributed by atoms with van der Waals surface area (Å²) in [7, 11) is 1.64. The monoisotopic (exact) mass is 503 g/mol. The van der Waals surface area contributed by atoms with Crippen LogP contribution in [0.5, 0.6) is 17.2 Å². The summed E-state index contributed by atoms with van der Waals surface area (Å²) in [6.45, 7) is 3.04. The molecule has 0 unspecified atom stereocenters. The highest BCUT2D eigenvalue weighted by molar-refractivity contribution is 6.06. The fraction of sp³-hybridized carbons (Fsp3) is 0.296. The number of ether oxygens (including phenoxy) is 3. The Balaban J connectivity index is 1.13. The van der Waals surface area contributed by atoms with Gasteiger partial charge < -0.3 is 34.6 Å². The molecule has 1 fully saturated rings. The highest BCUT2D eigenvalue weighted by Gasteiger charge is 2.24. The predicted octanol–water partition coefficient (Wildman–Crippen LogP) is 3.15. The molecule has 3 aromatic rings. The molecule has 10 nitrogen and oxygen atoms in total. The summed E-state index contributed by atoms with van der Waals surface area (Å²) in [5.74, 6) is 2.41. The van der Waals surface area contributed by atoms with Crippen LogP contribution in [0, 0.1) is 0 Å². The van der Waals surface area contributed by atoms with Crippen LogP contribution in [-0.4, -0.2) is 68.4 Å². The van der Waals surface area contributed by atoms with Crippen molar-refractivity contribution in [2.45, 2.75) is 6.42 Å². The van der Waals surface area contributed by atoms with E-state index in [2.05, 4.69) is 20.5 Å². The van der Waals surface area contributed by atoms with Gasteiger partial charge in [-0.15, -0.1) is 0 Å². The van der Waals surface area contributed by atoms with E-state index in [1.54, 1.807) is 42.5 Å². The van der Waals surface area contributed by atoms with Gasteiger partial charge in [-0.25, -0.2) is 9.78 Å². The second kappa shape index (κ2) is 11.1. The minimum atomic E-state index is -0.262. The molecular weight excluding hydrogens is 474 g/mol. The first-order chi connectivity index (χ1) is 18.1. The van der Waals surface area contributed by atoms with Crippen LogP contribution in [0.4, 0.5) is 16.3 Å². The van der Waals surface area contributed by atoms with Gasteiger partial charge in [-0.1, -0.05) is 12.1 Å². The number of fused-ring (bicyclic) bond motifs is 1. The molecule has 1 aromatic heterocycles. The molecule has 0 spiro atoms. The van der Waals surface area contributed by atoms with E-state index in [0.29, 0.717) is 61.3 Å². The number of carbonyl (C=O) groups is 2. The average molecular weight is 504 g/mol. The van der Waals surface area contributed by atoms with Crippen molar-refractivity contribution in [3.05, 3.63) is 71.9 Å². The molecular formula is C27H29N5O5. The topological polar surface area (TPSA) is 105 Å². The minimum absolute atomic E-state index is 0.0782. The first-order valence-electron chi connectivity index (χ1n) is 12.2. The number of nitrogens with one attached hydrogen (secondary N) is 2. The van der Waals surface area contributed by atoms with E-state index in [4.69, 9.17) is 14.2 Å². The number of pyridine rings is 1. The van der Waals surface area contributed by atoms with Crippen molar-refractivity contribution in [1.82, 2.24) is 15.2 Å². The molecule has 0 radical (unpaired) electrons. The molecule has 3 heterocycles. The largest absolute Gasteiger partial charge is 0.497 e. The number of hydrogen-bond donors (Lipinski definition) is 2. The van der Waals surface area contributed by atoms with E-state index in [0.717, 1.165) is 17.7 Å². The SMILES string of the molecule is COc1ccc(CCNC(=O)N2CCN(c3ncccc3NC(=O)c3ccc4c(c3)OCO4)CC2)cc1. The summed E-state index contributed by atoms with van der Waals surface area (Å²) in [5, 5.41) is 5.96. The van der Waals surface area contributed by atoms with E-state index in [1.807, 2.05) is 30.3 Å². The number of anilines is 2. The highest BCUT2D eigenvalue weighted by Crippen LogP contribution is 2.33. The Morgan fingerprint density at radius 2 is 1.78 bits per heavy atom. The van der Waals surface area contributed by atoms with Gasteiger partial charge >= 0.3 is 6.03 Å². The van der Waals surface area contributed by atoms with Gasteiger partial charge in [-0.2, -0.15) is 0 Å². The van der Waals surface area contributed by atoms with E-state index in [1.165, 1.54) is 0 Å². The molecule has 37 heavy (non-hydrogen) atoms. The van der Waals surface area contributed by atoms with Gasteiger partial charge in [0.1, 0.15) is 5.75 Å². The van der Waals surface area contributed by atoms with Crippen molar-refractivity contribution in [2.24, 2.45) is 0 Å². The molecule has 3 amide bonds. The molecule has 2 aliphatic rings. The van der Waals surface area contributed by atoms with Crippen molar-refractivity contribution >= 4 is 23.4 Å². The van der Waals surface area contributed by atoms with E-state index >= 15 is 0 Å². The molecule has 5 rings (SSSR count). The van der Waals surface area contributed by atoms with Crippen LogP contribution in [0.3, 0.4) is 0 Å². The normalized spacial score (nSPS) is 14.3. The number of benzene rings is 2. The zero-order valence-corrected chi connectivity index (χ0v) is 20.6. The molecule has 0 saturated carbocycles. The molecule has 2 aromatic carbocycles. The minimum Gasteiger partial charge on any atom is -0.497 e. The highest BCUT2D eigenvalue weighted by atomic mass is 16.7. The number of piperazine rings is 1. The Morgan fingerprint density at radius 3 is 2.57 bits per heavy atom. The third-order valence-corrected chi connectivity index (χ3v) is 6.39. The molecule has 0 aliphatic carbocycles. The van der Waals surface area contributed by atoms with Crippen molar-refractivity contribution in [1.29, 1.82) is 0 Å².